The van der Waals surface area contributed by atoms with Gasteiger partial charge in [0.25, 0.3) is 0 Å². The molecule has 108 valence electrons. The molecule has 0 atom stereocenters. The Labute approximate surface area is 121 Å². The minimum Gasteiger partial charge on any atom is -0.459 e. The number of ether oxygens (including phenoxy) is 2. The second kappa shape index (κ2) is 6.19. The van der Waals surface area contributed by atoms with Crippen LogP contribution in [0.5, 0.6) is 0 Å². The SMILES string of the molecule is CCOCCOC(=O)c1sc2nc(C)cc(C)c2c1N. The van der Waals surface area contributed by atoms with Gasteiger partial charge in [0.15, 0.2) is 0 Å². The molecule has 2 aromatic heterocycles. The Morgan fingerprint density at radius 1 is 1.40 bits per heavy atom. The van der Waals surface area contributed by atoms with Gasteiger partial charge in [0.2, 0.25) is 0 Å². The summed E-state index contributed by atoms with van der Waals surface area (Å²) in [4.78, 5) is 17.6. The van der Waals surface area contributed by atoms with Gasteiger partial charge in [-0.25, -0.2) is 9.78 Å². The number of nitrogens with zero attached hydrogens (tertiary/aromatic N) is 1. The normalized spacial score (nSPS) is 10.9. The molecule has 2 N–H and O–H groups in total. The first-order valence-electron chi connectivity index (χ1n) is 6.45. The lowest BCUT2D eigenvalue weighted by Gasteiger charge is -2.04. The van der Waals surface area contributed by atoms with Crippen LogP contribution in [0.1, 0.15) is 27.9 Å². The molecule has 0 amide bonds. The molecule has 0 aromatic carbocycles. The zero-order valence-electron chi connectivity index (χ0n) is 11.9. The van der Waals surface area contributed by atoms with Crippen LogP contribution < -0.4 is 5.73 Å². The summed E-state index contributed by atoms with van der Waals surface area (Å²) in [6.45, 7) is 7.00. The van der Waals surface area contributed by atoms with Gasteiger partial charge in [-0.2, -0.15) is 0 Å². The standard InChI is InChI=1S/C14H18N2O3S/c1-4-18-5-6-19-14(17)12-11(15)10-8(2)7-9(3)16-13(10)20-12/h7H,4-6,15H2,1-3H3. The molecule has 0 radical (unpaired) electrons. The number of rotatable bonds is 5. The van der Waals surface area contributed by atoms with Crippen molar-refractivity contribution in [1.29, 1.82) is 0 Å². The Balaban J connectivity index is 2.24. The highest BCUT2D eigenvalue weighted by molar-refractivity contribution is 7.21. The van der Waals surface area contributed by atoms with Crippen molar-refractivity contribution in [2.24, 2.45) is 0 Å². The average molecular weight is 294 g/mol. The third-order valence-electron chi connectivity index (χ3n) is 2.87. The molecular formula is C14H18N2O3S. The molecule has 6 heteroatoms. The van der Waals surface area contributed by atoms with Crippen molar-refractivity contribution < 1.29 is 14.3 Å². The Morgan fingerprint density at radius 3 is 2.85 bits per heavy atom. The van der Waals surface area contributed by atoms with Crippen LogP contribution in [0.3, 0.4) is 0 Å². The molecule has 0 spiro atoms. The summed E-state index contributed by atoms with van der Waals surface area (Å²) in [5.74, 6) is -0.415. The third kappa shape index (κ3) is 2.91. The zero-order chi connectivity index (χ0) is 14.7. The molecule has 0 aliphatic heterocycles. The highest BCUT2D eigenvalue weighted by Gasteiger charge is 2.19. The molecule has 20 heavy (non-hydrogen) atoms. The van der Waals surface area contributed by atoms with Crippen LogP contribution in [-0.2, 0) is 9.47 Å². The smallest absolute Gasteiger partial charge is 0.350 e. The van der Waals surface area contributed by atoms with Crippen LogP contribution in [0, 0.1) is 13.8 Å². The van der Waals surface area contributed by atoms with Gasteiger partial charge in [0.05, 0.1) is 12.3 Å². The van der Waals surface area contributed by atoms with Gasteiger partial charge < -0.3 is 15.2 Å². The summed E-state index contributed by atoms with van der Waals surface area (Å²) in [5, 5.41) is 0.845. The largest absolute Gasteiger partial charge is 0.459 e. The number of hydrogen-bond acceptors (Lipinski definition) is 6. The number of nitrogen functional groups attached to an aromatic ring is 1. The predicted octanol–water partition coefficient (Wildman–Crippen LogP) is 2.69. The molecule has 0 saturated carbocycles. The van der Waals surface area contributed by atoms with Crippen LogP contribution in [0.2, 0.25) is 0 Å². The number of nitrogens with two attached hydrogens (primary N) is 1. The van der Waals surface area contributed by atoms with E-state index in [9.17, 15) is 4.79 Å². The Kier molecular flexibility index (Phi) is 4.57. The van der Waals surface area contributed by atoms with E-state index in [-0.39, 0.29) is 6.61 Å². The summed E-state index contributed by atoms with van der Waals surface area (Å²) in [5.41, 5.74) is 8.45. The summed E-state index contributed by atoms with van der Waals surface area (Å²) in [6, 6.07) is 1.95. The van der Waals surface area contributed by atoms with E-state index in [2.05, 4.69) is 4.98 Å². The van der Waals surface area contributed by atoms with E-state index in [1.807, 2.05) is 26.8 Å². The monoisotopic (exact) mass is 294 g/mol. The van der Waals surface area contributed by atoms with Crippen LogP contribution in [0.15, 0.2) is 6.07 Å². The molecular weight excluding hydrogens is 276 g/mol. The Hall–Kier alpha value is -1.66. The summed E-state index contributed by atoms with van der Waals surface area (Å²) < 4.78 is 10.3. The fourth-order valence-corrected chi connectivity index (χ4v) is 3.13. The molecule has 5 nitrogen and oxygen atoms in total. The van der Waals surface area contributed by atoms with Gasteiger partial charge in [-0.1, -0.05) is 0 Å². The third-order valence-corrected chi connectivity index (χ3v) is 3.95. The molecule has 0 aliphatic carbocycles. The number of carbonyl (C=O) groups is 1. The number of aromatic nitrogens is 1. The van der Waals surface area contributed by atoms with Crippen molar-refractivity contribution in [2.75, 3.05) is 25.6 Å². The van der Waals surface area contributed by atoms with E-state index in [1.165, 1.54) is 11.3 Å². The summed E-state index contributed by atoms with van der Waals surface area (Å²) in [6.07, 6.45) is 0. The number of anilines is 1. The first kappa shape index (κ1) is 14.7. The van der Waals surface area contributed by atoms with Gasteiger partial charge in [-0.15, -0.1) is 11.3 Å². The second-order valence-electron chi connectivity index (χ2n) is 4.44. The lowest BCUT2D eigenvalue weighted by molar-refractivity contribution is 0.0341. The van der Waals surface area contributed by atoms with Crippen molar-refractivity contribution in [2.45, 2.75) is 20.8 Å². The number of esters is 1. The van der Waals surface area contributed by atoms with Gasteiger partial charge in [-0.05, 0) is 32.4 Å². The number of pyridine rings is 1. The molecule has 0 aliphatic rings. The van der Waals surface area contributed by atoms with Gasteiger partial charge >= 0.3 is 5.97 Å². The van der Waals surface area contributed by atoms with E-state index in [0.29, 0.717) is 23.8 Å². The minimum absolute atomic E-state index is 0.228. The number of thiophene rings is 1. The van der Waals surface area contributed by atoms with Crippen LogP contribution in [-0.4, -0.2) is 30.8 Å². The fraction of sp³-hybridized carbons (Fsp3) is 0.429. The van der Waals surface area contributed by atoms with Crippen molar-refractivity contribution >= 4 is 33.2 Å². The van der Waals surface area contributed by atoms with Crippen LogP contribution in [0.4, 0.5) is 5.69 Å². The Bertz CT molecular complexity index is 637. The van der Waals surface area contributed by atoms with E-state index >= 15 is 0 Å². The maximum absolute atomic E-state index is 12.0. The number of hydrogen-bond donors (Lipinski definition) is 1. The quantitative estimate of drug-likeness (QED) is 0.678. The van der Waals surface area contributed by atoms with Gasteiger partial charge in [0.1, 0.15) is 16.3 Å². The zero-order valence-corrected chi connectivity index (χ0v) is 12.7. The van der Waals surface area contributed by atoms with Crippen LogP contribution in [0.25, 0.3) is 10.2 Å². The molecule has 0 unspecified atom stereocenters. The Morgan fingerprint density at radius 2 is 2.15 bits per heavy atom. The molecule has 2 heterocycles. The number of carbonyl (C=O) groups excluding carboxylic acids is 1. The van der Waals surface area contributed by atoms with E-state index in [0.717, 1.165) is 21.5 Å². The van der Waals surface area contributed by atoms with Crippen molar-refractivity contribution in [1.82, 2.24) is 4.98 Å². The van der Waals surface area contributed by atoms with Gasteiger partial charge in [0, 0.05) is 17.7 Å². The van der Waals surface area contributed by atoms with Crippen molar-refractivity contribution in [3.8, 4) is 0 Å². The minimum atomic E-state index is -0.415. The van der Waals surface area contributed by atoms with Gasteiger partial charge in [-0.3, -0.25) is 0 Å². The van der Waals surface area contributed by atoms with E-state index in [4.69, 9.17) is 15.2 Å². The summed E-state index contributed by atoms with van der Waals surface area (Å²) >= 11 is 1.27. The molecule has 2 rings (SSSR count). The highest BCUT2D eigenvalue weighted by Crippen LogP contribution is 2.35. The molecule has 0 fully saturated rings. The summed E-state index contributed by atoms with van der Waals surface area (Å²) in [7, 11) is 0. The van der Waals surface area contributed by atoms with E-state index in [1.54, 1.807) is 0 Å². The van der Waals surface area contributed by atoms with E-state index < -0.39 is 5.97 Å². The maximum Gasteiger partial charge on any atom is 0.350 e. The van der Waals surface area contributed by atoms with Crippen LogP contribution >= 0.6 is 11.3 Å². The predicted molar refractivity (Wildman–Crippen MR) is 80.3 cm³/mol. The van der Waals surface area contributed by atoms with Crippen molar-refractivity contribution in [3.05, 3.63) is 22.2 Å². The highest BCUT2D eigenvalue weighted by atomic mass is 32.1. The average Bonchev–Trinajstić information content (AvgIpc) is 2.71. The number of aryl methyl sites for hydroxylation is 2. The lowest BCUT2D eigenvalue weighted by Crippen LogP contribution is -2.10. The van der Waals surface area contributed by atoms with Crippen molar-refractivity contribution in [3.63, 3.8) is 0 Å². The second-order valence-corrected chi connectivity index (χ2v) is 5.44. The first-order chi connectivity index (χ1) is 9.54. The molecule has 0 bridgehead atoms. The molecule has 0 saturated heterocycles. The lowest BCUT2D eigenvalue weighted by atomic mass is 10.1. The molecule has 2 aromatic rings. The fourth-order valence-electron chi connectivity index (χ4n) is 2.02. The first-order valence-corrected chi connectivity index (χ1v) is 7.27. The topological polar surface area (TPSA) is 74.4 Å². The maximum atomic E-state index is 12.0. The number of fused-ring (bicyclic) bond motifs is 1.